The van der Waals surface area contributed by atoms with E-state index in [0.717, 1.165) is 42.5 Å². The van der Waals surface area contributed by atoms with Gasteiger partial charge in [0.2, 0.25) is 0 Å². The molecule has 0 fully saturated rings. The van der Waals surface area contributed by atoms with Gasteiger partial charge in [-0.3, -0.25) is 0 Å². The average Bonchev–Trinajstić information content (AvgIpc) is 3.13. The van der Waals surface area contributed by atoms with Crippen molar-refractivity contribution < 1.29 is 67.9 Å². The van der Waals surface area contributed by atoms with Gasteiger partial charge in [0.15, 0.2) is 0 Å². The van der Waals surface area contributed by atoms with Crippen molar-refractivity contribution in [2.45, 2.75) is 14.7 Å². The Morgan fingerprint density at radius 1 is 0.569 bits per heavy atom. The molecule has 0 aliphatic rings. The Labute approximate surface area is 332 Å². The summed E-state index contributed by atoms with van der Waals surface area (Å²) in [6, 6.07) is 12.8. The van der Waals surface area contributed by atoms with Crippen LogP contribution in [-0.4, -0.2) is 93.7 Å². The van der Waals surface area contributed by atoms with Crippen molar-refractivity contribution >= 4 is 112 Å². The molecule has 0 amide bonds. The second-order valence-electron chi connectivity index (χ2n) is 10.8. The fraction of sp³-hybridized carbons (Fsp3) is 0.154. The van der Waals surface area contributed by atoms with Gasteiger partial charge < -0.3 is 0 Å². The fourth-order valence-electron chi connectivity index (χ4n) is 4.49. The molecule has 304 valence electrons. The van der Waals surface area contributed by atoms with Crippen LogP contribution in [0.4, 0.5) is 28.4 Å². The van der Waals surface area contributed by atoms with Gasteiger partial charge in [0.1, 0.15) is 0 Å². The van der Waals surface area contributed by atoms with Gasteiger partial charge in [-0.1, -0.05) is 0 Å². The topological polar surface area (TPSA) is 384 Å². The number of nitrogens with one attached hydrogen (secondary N) is 3. The minimum absolute atomic E-state index is 0.0477. The first kappa shape index (κ1) is 45.3. The monoisotopic (exact) mass is 898 g/mol. The van der Waals surface area contributed by atoms with E-state index in [1.807, 2.05) is 0 Å². The molecule has 4 aromatic rings. The summed E-state index contributed by atoms with van der Waals surface area (Å²) in [5.74, 6) is -2.34. The molecule has 4 rings (SSSR count). The summed E-state index contributed by atoms with van der Waals surface area (Å²) in [6.45, 7) is -1.63. The van der Waals surface area contributed by atoms with Gasteiger partial charge >= 0.3 is 334 Å². The van der Waals surface area contributed by atoms with E-state index in [1.54, 1.807) is 0 Å². The molecule has 0 unspecified atom stereocenters. The molecule has 0 spiro atoms. The van der Waals surface area contributed by atoms with Crippen molar-refractivity contribution in [2.75, 3.05) is 30.5 Å². The van der Waals surface area contributed by atoms with Crippen molar-refractivity contribution in [2.24, 2.45) is 20.5 Å². The third-order valence-electron chi connectivity index (χ3n) is 7.09. The second kappa shape index (κ2) is 18.5. The summed E-state index contributed by atoms with van der Waals surface area (Å²) in [6.07, 6.45) is 0. The molecule has 0 bridgehead atoms. The predicted molar refractivity (Wildman–Crippen MR) is 201 cm³/mol. The van der Waals surface area contributed by atoms with Gasteiger partial charge in [-0.25, -0.2) is 0 Å². The van der Waals surface area contributed by atoms with Crippen LogP contribution in [0.5, 0.6) is 5.75 Å². The maximum atomic E-state index is 13.1. The van der Waals surface area contributed by atoms with Crippen LogP contribution in [0.25, 0.3) is 10.8 Å². The van der Waals surface area contributed by atoms with Crippen LogP contribution < -0.4 is 5.73 Å². The number of nitrogen functional groups attached to an aromatic ring is 1. The molecule has 58 heavy (non-hydrogen) atoms. The molecular weight excluding hydrogens is 873 g/mol. The van der Waals surface area contributed by atoms with Gasteiger partial charge in [0, 0.05) is 0 Å². The van der Waals surface area contributed by atoms with Gasteiger partial charge in [0.25, 0.3) is 0 Å². The SMILES string of the molecule is N=BOS(=O)(=O)OCCS(=O)(=O)c1ccc(N=Nc2c(S(=O)(=O)OB=N)cc3c(N=Nc4ccc(S(=O)(=O)CCOS(=O)(=O)OB=N)cc4)c(N)ccc3c2O)cc1. The number of azo groups is 2. The number of hydrogen-bond donors (Lipinski definition) is 5. The number of anilines is 1. The molecule has 0 saturated carbocycles. The molecule has 0 aromatic heterocycles. The molecule has 0 heterocycles. The van der Waals surface area contributed by atoms with Gasteiger partial charge in [-0.05, 0) is 0 Å². The van der Waals surface area contributed by atoms with E-state index in [2.05, 4.69) is 41.1 Å². The van der Waals surface area contributed by atoms with Gasteiger partial charge in [0.05, 0.1) is 0 Å². The number of benzene rings is 4. The Kier molecular flexibility index (Phi) is 14.4. The van der Waals surface area contributed by atoms with E-state index >= 15 is 0 Å². The third kappa shape index (κ3) is 11.6. The van der Waals surface area contributed by atoms with Crippen LogP contribution in [0, 0.1) is 15.9 Å². The molecule has 4 aromatic carbocycles. The molecule has 0 atom stereocenters. The van der Waals surface area contributed by atoms with Crippen molar-refractivity contribution in [1.29, 1.82) is 15.9 Å². The third-order valence-corrected chi connectivity index (χ3v) is 13.3. The molecule has 0 radical (unpaired) electrons. The van der Waals surface area contributed by atoms with E-state index in [1.165, 1.54) is 24.3 Å². The number of aromatic hydroxyl groups is 1. The molecule has 24 nitrogen and oxygen atoms in total. The average molecular weight is 898 g/mol. The summed E-state index contributed by atoms with van der Waals surface area (Å²) in [5.41, 5.74) is 5.24. The minimum atomic E-state index is -4.88. The summed E-state index contributed by atoms with van der Waals surface area (Å²) >= 11 is 0. The van der Waals surface area contributed by atoms with Crippen LogP contribution >= 0.6 is 0 Å². The zero-order chi connectivity index (χ0) is 42.9. The number of phenolic OH excluding ortho intramolecular Hbond substituents is 1. The molecular formula is C26H25B3N8O16S5. The predicted octanol–water partition coefficient (Wildman–Crippen LogP) is 2.91. The second-order valence-corrected chi connectivity index (χ2v) is 19.0. The fourth-order valence-corrected chi connectivity index (χ4v) is 8.67. The van der Waals surface area contributed by atoms with E-state index < -0.39 is 91.6 Å². The first-order valence-corrected chi connectivity index (χ1v) is 22.7. The summed E-state index contributed by atoms with van der Waals surface area (Å²) in [7, 11) is -22.0. The van der Waals surface area contributed by atoms with Crippen LogP contribution in [-0.2, 0) is 71.3 Å². The molecule has 0 saturated heterocycles. The first-order valence-electron chi connectivity index (χ1n) is 15.3. The summed E-state index contributed by atoms with van der Waals surface area (Å²) < 4.78 is 143. The van der Waals surface area contributed by atoms with Crippen LogP contribution in [0.15, 0.2) is 102 Å². The van der Waals surface area contributed by atoms with E-state index in [9.17, 15) is 47.2 Å². The van der Waals surface area contributed by atoms with Crippen LogP contribution in [0.3, 0.4) is 0 Å². The normalized spacial score (nSPS) is 12.6. The van der Waals surface area contributed by atoms with Crippen molar-refractivity contribution in [3.05, 3.63) is 66.7 Å². The van der Waals surface area contributed by atoms with Crippen molar-refractivity contribution in [1.82, 2.24) is 0 Å². The Bertz CT molecular complexity index is 2870. The number of sulfone groups is 2. The van der Waals surface area contributed by atoms with E-state index in [-0.39, 0.29) is 65.1 Å². The molecule has 32 heteroatoms. The Balaban J connectivity index is 1.65. The standard InChI is InChI=1S/C26H25B3N8O16S5/c30-22-10-9-20-21(24(22)36-34-16-1-5-18(6-2-16)54(39,40)13-11-49-57(45,46)52-28-32)15-23(56(43,44)51-27-31)25(26(20)38)37-35-17-3-7-19(8-4-17)55(41,42)14-12-50-58(47,48)53-29-33/h1-10,15,31-33,38H,11-14,30H2. The number of nitrogens with zero attached hydrogens (tertiary/aromatic N) is 4. The molecule has 6 N–H and O–H groups in total. The van der Waals surface area contributed by atoms with E-state index in [4.69, 9.17) is 21.7 Å². The summed E-state index contributed by atoms with van der Waals surface area (Å²) in [5, 5.41) is 47.4. The number of nitrogens with two attached hydrogens (primary N) is 1. The van der Waals surface area contributed by atoms with E-state index in [0.29, 0.717) is 0 Å². The van der Waals surface area contributed by atoms with Gasteiger partial charge in [-0.15, -0.1) is 0 Å². The van der Waals surface area contributed by atoms with Crippen molar-refractivity contribution in [3.8, 4) is 5.75 Å². The van der Waals surface area contributed by atoms with Crippen LogP contribution in [0.2, 0.25) is 0 Å². The quantitative estimate of drug-likeness (QED) is 0.0456. The van der Waals surface area contributed by atoms with Crippen LogP contribution in [0.1, 0.15) is 0 Å². The van der Waals surface area contributed by atoms with Gasteiger partial charge in [-0.2, -0.15) is 0 Å². The first-order chi connectivity index (χ1) is 27.1. The van der Waals surface area contributed by atoms with Crippen molar-refractivity contribution in [3.63, 3.8) is 0 Å². The Hall–Kier alpha value is -5.40. The zero-order valence-corrected chi connectivity index (χ0v) is 33.0. The number of fused-ring (bicyclic) bond motifs is 1. The zero-order valence-electron chi connectivity index (χ0n) is 28.9. The molecule has 0 aliphatic heterocycles. The Morgan fingerprint density at radius 2 is 1.00 bits per heavy atom. The Morgan fingerprint density at radius 3 is 1.43 bits per heavy atom. The number of rotatable bonds is 21. The molecule has 0 aliphatic carbocycles. The number of hydrogen-bond acceptors (Lipinski definition) is 24. The number of phenols is 1. The summed E-state index contributed by atoms with van der Waals surface area (Å²) in [4.78, 5) is -1.35. The maximum absolute atomic E-state index is 13.1.